The number of hydrogen-bond donors (Lipinski definition) is 3. The van der Waals surface area contributed by atoms with E-state index in [1.165, 1.54) is 0 Å². The number of para-hydroxylation sites is 1. The molecule has 39 heavy (non-hydrogen) atoms. The van der Waals surface area contributed by atoms with Gasteiger partial charge in [-0.05, 0) is 44.4 Å². The van der Waals surface area contributed by atoms with Gasteiger partial charge in [-0.25, -0.2) is 4.79 Å². The van der Waals surface area contributed by atoms with Crippen molar-refractivity contribution in [2.24, 2.45) is 29.1 Å². The van der Waals surface area contributed by atoms with Gasteiger partial charge in [-0.15, -0.1) is 0 Å². The van der Waals surface area contributed by atoms with Crippen molar-refractivity contribution in [3.8, 4) is 0 Å². The number of hydrogen-bond acceptors (Lipinski definition) is 9. The summed E-state index contributed by atoms with van der Waals surface area (Å²) in [4.78, 5) is 16.1. The van der Waals surface area contributed by atoms with Crippen LogP contribution in [0.2, 0.25) is 0 Å². The van der Waals surface area contributed by atoms with Gasteiger partial charge in [0, 0.05) is 75.1 Å². The van der Waals surface area contributed by atoms with E-state index in [9.17, 15) is 15.0 Å². The van der Waals surface area contributed by atoms with Crippen LogP contribution in [0.5, 0.6) is 0 Å². The first-order valence-electron chi connectivity index (χ1n) is 14.5. The number of methoxy groups -OCH3 is 3. The number of nitrogens with zero attached hydrogens (tertiary/aromatic N) is 1. The number of piperidine rings is 1. The highest BCUT2D eigenvalue weighted by Gasteiger charge is 2.89. The van der Waals surface area contributed by atoms with Crippen LogP contribution in [0.15, 0.2) is 24.3 Å². The highest BCUT2D eigenvalue weighted by molar-refractivity contribution is 5.95. The number of carbonyl (C=O) groups excluding carboxylic acids is 1. The van der Waals surface area contributed by atoms with Gasteiger partial charge in [0.2, 0.25) is 0 Å². The molecule has 1 aromatic carbocycles. The van der Waals surface area contributed by atoms with Crippen LogP contribution in [0.1, 0.15) is 49.4 Å². The van der Waals surface area contributed by atoms with Crippen LogP contribution in [-0.2, 0) is 18.9 Å². The van der Waals surface area contributed by atoms with Crippen molar-refractivity contribution in [3.63, 3.8) is 0 Å². The van der Waals surface area contributed by atoms with E-state index in [-0.39, 0.29) is 41.9 Å². The van der Waals surface area contributed by atoms with Gasteiger partial charge in [0.15, 0.2) is 0 Å². The Bertz CT molecular complexity index is 1180. The number of carbonyl (C=O) groups is 1. The second-order valence-electron chi connectivity index (χ2n) is 13.0. The third kappa shape index (κ3) is 2.80. The number of likely N-dealkylation sites (N-methyl/N-ethyl adjacent to an activating group) is 1. The largest absolute Gasteiger partial charge is 0.454 e. The molecule has 5 aliphatic carbocycles. The summed E-state index contributed by atoms with van der Waals surface area (Å²) in [6, 6.07) is 7.04. The van der Waals surface area contributed by atoms with Gasteiger partial charge < -0.3 is 34.9 Å². The van der Waals surface area contributed by atoms with Crippen LogP contribution in [0.25, 0.3) is 0 Å². The van der Waals surface area contributed by atoms with Gasteiger partial charge in [-0.3, -0.25) is 4.90 Å². The molecule has 9 heteroatoms. The first kappa shape index (κ1) is 26.2. The Morgan fingerprint density at radius 3 is 2.54 bits per heavy atom. The van der Waals surface area contributed by atoms with Crippen molar-refractivity contribution in [2.45, 2.75) is 80.2 Å². The number of ether oxygens (including phenoxy) is 4. The molecule has 9 nitrogen and oxygen atoms in total. The minimum Gasteiger partial charge on any atom is -0.454 e. The molecule has 0 aromatic heterocycles. The molecular weight excluding hydrogens is 500 g/mol. The van der Waals surface area contributed by atoms with Crippen molar-refractivity contribution < 1.29 is 34.0 Å². The van der Waals surface area contributed by atoms with Gasteiger partial charge >= 0.3 is 5.97 Å². The Hall–Kier alpha value is -1.75. The first-order chi connectivity index (χ1) is 18.7. The fraction of sp³-hybridized carbons (Fsp3) is 0.767. The Balaban J connectivity index is 1.42. The van der Waals surface area contributed by atoms with Crippen LogP contribution < -0.4 is 5.73 Å². The molecule has 12 atom stereocenters. The number of aliphatic hydroxyl groups is 2. The molecule has 3 unspecified atom stereocenters. The van der Waals surface area contributed by atoms with Crippen molar-refractivity contribution >= 4 is 11.7 Å². The SMILES string of the molecule is CCN1C[C@]2(OC(=O)c3ccccc3N)CCC(OC)[C@@]34[C@@H]2C[C@@H]([C@@H]13)[C@@]1(O)CC(OC)[C@H]2C[C@@H]4[C@]1(O)C2OC. The molecule has 0 radical (unpaired) electrons. The van der Waals surface area contributed by atoms with Crippen molar-refractivity contribution in [3.05, 3.63) is 29.8 Å². The molecule has 0 amide bonds. The molecule has 4 N–H and O–H groups in total. The van der Waals surface area contributed by atoms with Crippen LogP contribution in [-0.4, -0.2) is 96.7 Å². The molecule has 1 aliphatic heterocycles. The van der Waals surface area contributed by atoms with Crippen LogP contribution in [0, 0.1) is 29.1 Å². The number of benzene rings is 1. The molecule has 6 fully saturated rings. The van der Waals surface area contributed by atoms with Crippen LogP contribution in [0.4, 0.5) is 5.69 Å². The standard InChI is InChI=1S/C30H42N2O7/c1-5-32-15-27(39-26(33)16-8-6-7-9-19(16)31)11-10-23(37-3)29-21(27)13-18(24(29)32)28(34)14-20(36-2)17-12-22(29)30(28,35)25(17)38-4/h6-9,17-18,20-25,34-35H,5,10-15,31H2,1-4H3/t17-,18+,20?,21-,22+,23?,24-,25?,27-,28+,29+,30+/m1/s1. The molecule has 214 valence electrons. The topological polar surface area (TPSA) is 124 Å². The molecule has 7 rings (SSSR count). The second kappa shape index (κ2) is 8.39. The number of likely N-dealkylation sites (tertiary alicyclic amines) is 1. The van der Waals surface area contributed by atoms with E-state index < -0.39 is 34.3 Å². The number of rotatable bonds is 6. The minimum atomic E-state index is -1.44. The monoisotopic (exact) mass is 542 g/mol. The number of nitrogens with two attached hydrogens (primary N) is 1. The predicted octanol–water partition coefficient (Wildman–Crippen LogP) is 1.85. The van der Waals surface area contributed by atoms with Gasteiger partial charge in [0.1, 0.15) is 16.8 Å². The van der Waals surface area contributed by atoms with Crippen molar-refractivity contribution in [1.29, 1.82) is 0 Å². The maximum absolute atomic E-state index is 13.7. The van der Waals surface area contributed by atoms with Gasteiger partial charge in [-0.1, -0.05) is 19.1 Å². The molecule has 1 heterocycles. The summed E-state index contributed by atoms with van der Waals surface area (Å²) in [6.45, 7) is 3.47. The zero-order valence-corrected chi connectivity index (χ0v) is 23.3. The van der Waals surface area contributed by atoms with E-state index >= 15 is 0 Å². The molecule has 1 aromatic rings. The summed E-state index contributed by atoms with van der Waals surface area (Å²) in [5.74, 6) is -1.06. The fourth-order valence-corrected chi connectivity index (χ4v) is 11.3. The quantitative estimate of drug-likeness (QED) is 0.365. The molecule has 7 bridgehead atoms. The smallest absolute Gasteiger partial charge is 0.340 e. The van der Waals surface area contributed by atoms with Crippen molar-refractivity contribution in [1.82, 2.24) is 4.90 Å². The number of fused-ring (bicyclic) bond motifs is 2. The normalized spacial score (nSPS) is 51.1. The van der Waals surface area contributed by atoms with E-state index in [1.807, 2.05) is 6.07 Å². The van der Waals surface area contributed by atoms with Gasteiger partial charge in [0.05, 0.1) is 23.9 Å². The van der Waals surface area contributed by atoms with Crippen LogP contribution >= 0.6 is 0 Å². The Morgan fingerprint density at radius 1 is 1.10 bits per heavy atom. The maximum Gasteiger partial charge on any atom is 0.340 e. The predicted molar refractivity (Wildman–Crippen MR) is 142 cm³/mol. The second-order valence-corrected chi connectivity index (χ2v) is 13.0. The molecular formula is C30H42N2O7. The summed E-state index contributed by atoms with van der Waals surface area (Å²) in [6.07, 6.45) is 2.17. The lowest BCUT2D eigenvalue weighted by molar-refractivity contribution is -0.337. The Morgan fingerprint density at radius 2 is 1.87 bits per heavy atom. The lowest BCUT2D eigenvalue weighted by Crippen LogP contribution is -2.83. The third-order valence-corrected chi connectivity index (χ3v) is 12.4. The van der Waals surface area contributed by atoms with E-state index in [1.54, 1.807) is 39.5 Å². The third-order valence-electron chi connectivity index (χ3n) is 12.4. The molecule has 6 aliphatic rings. The van der Waals surface area contributed by atoms with Gasteiger partial charge in [0.25, 0.3) is 0 Å². The zero-order chi connectivity index (χ0) is 27.5. The highest BCUT2D eigenvalue weighted by atomic mass is 16.6. The minimum absolute atomic E-state index is 0.00601. The van der Waals surface area contributed by atoms with E-state index in [4.69, 9.17) is 24.7 Å². The molecule has 1 spiro atoms. The van der Waals surface area contributed by atoms with E-state index in [0.29, 0.717) is 49.9 Å². The van der Waals surface area contributed by atoms with E-state index in [0.717, 1.165) is 6.54 Å². The fourth-order valence-electron chi connectivity index (χ4n) is 11.3. The number of anilines is 1. The van der Waals surface area contributed by atoms with Crippen LogP contribution in [0.3, 0.4) is 0 Å². The maximum atomic E-state index is 13.7. The summed E-state index contributed by atoms with van der Waals surface area (Å²) < 4.78 is 24.9. The average molecular weight is 543 g/mol. The lowest BCUT2D eigenvalue weighted by atomic mass is 9.44. The average Bonchev–Trinajstić information content (AvgIpc) is 3.35. The van der Waals surface area contributed by atoms with Gasteiger partial charge in [-0.2, -0.15) is 0 Å². The Kier molecular flexibility index (Phi) is 5.63. The summed E-state index contributed by atoms with van der Waals surface area (Å²) in [5.41, 5.74) is 2.84. The van der Waals surface area contributed by atoms with Crippen molar-refractivity contribution in [2.75, 3.05) is 40.2 Å². The molecule has 1 saturated heterocycles. The number of esters is 1. The zero-order valence-electron chi connectivity index (χ0n) is 23.3. The highest BCUT2D eigenvalue weighted by Crippen LogP contribution is 2.79. The van der Waals surface area contributed by atoms with E-state index in [2.05, 4.69) is 11.8 Å². The Labute approximate surface area is 229 Å². The molecule has 5 saturated carbocycles. The number of nitrogen functional groups attached to an aromatic ring is 1. The first-order valence-corrected chi connectivity index (χ1v) is 14.5. The lowest BCUT2D eigenvalue weighted by Gasteiger charge is -2.70. The summed E-state index contributed by atoms with van der Waals surface area (Å²) in [7, 11) is 5.09. The summed E-state index contributed by atoms with van der Waals surface area (Å²) >= 11 is 0. The summed E-state index contributed by atoms with van der Waals surface area (Å²) in [5, 5.41) is 25.6.